The molecule has 1 aliphatic heterocycles. The number of hydrogen-bond acceptors (Lipinski definition) is 4. The molecule has 0 aliphatic carbocycles. The van der Waals surface area contributed by atoms with E-state index in [4.69, 9.17) is 4.98 Å². The summed E-state index contributed by atoms with van der Waals surface area (Å²) in [6, 6.07) is 0.508. The number of hydrogen-bond donors (Lipinski definition) is 1. The van der Waals surface area contributed by atoms with Crippen LogP contribution in [0.2, 0.25) is 0 Å². The van der Waals surface area contributed by atoms with Crippen LogP contribution >= 0.6 is 11.3 Å². The minimum absolute atomic E-state index is 0.163. The third-order valence-electron chi connectivity index (χ3n) is 3.55. The molecule has 102 valence electrons. The molecule has 0 bridgehead atoms. The minimum Gasteiger partial charge on any atom is -0.314 e. The molecule has 1 aromatic rings. The van der Waals surface area contributed by atoms with Crippen molar-refractivity contribution >= 4 is 11.3 Å². The van der Waals surface area contributed by atoms with E-state index < -0.39 is 0 Å². The Bertz CT molecular complexity index is 375. The lowest BCUT2D eigenvalue weighted by molar-refractivity contribution is 0.169. The fourth-order valence-electron chi connectivity index (χ4n) is 2.37. The van der Waals surface area contributed by atoms with Gasteiger partial charge in [0.15, 0.2) is 0 Å². The normalized spacial score (nSPS) is 20.0. The number of piperazine rings is 1. The average Bonchev–Trinajstić information content (AvgIpc) is 2.81. The zero-order valence-electron chi connectivity index (χ0n) is 12.0. The largest absolute Gasteiger partial charge is 0.314 e. The highest BCUT2D eigenvalue weighted by Gasteiger charge is 2.25. The molecule has 1 N–H and O–H groups in total. The predicted molar refractivity (Wildman–Crippen MR) is 78.3 cm³/mol. The molecule has 2 heterocycles. The highest BCUT2D eigenvalue weighted by Crippen LogP contribution is 2.31. The van der Waals surface area contributed by atoms with E-state index >= 15 is 0 Å². The Morgan fingerprint density at radius 3 is 2.56 bits per heavy atom. The second-order valence-corrected chi connectivity index (χ2v) is 6.92. The van der Waals surface area contributed by atoms with Crippen LogP contribution in [0.1, 0.15) is 50.9 Å². The number of thiazole rings is 1. The summed E-state index contributed by atoms with van der Waals surface area (Å²) in [4.78, 5) is 7.46. The SMILES string of the molecule is CCC(c1nc(C(C)(C)C)cs1)N1CCNCC1. The van der Waals surface area contributed by atoms with Crippen molar-refractivity contribution in [1.82, 2.24) is 15.2 Å². The van der Waals surface area contributed by atoms with E-state index in [0.717, 1.165) is 32.6 Å². The second-order valence-electron chi connectivity index (χ2n) is 6.03. The summed E-state index contributed by atoms with van der Waals surface area (Å²) in [5.74, 6) is 0. The first-order valence-corrected chi connectivity index (χ1v) is 7.81. The lowest BCUT2D eigenvalue weighted by Crippen LogP contribution is -2.45. The van der Waals surface area contributed by atoms with Crippen LogP contribution < -0.4 is 5.32 Å². The average molecular weight is 267 g/mol. The van der Waals surface area contributed by atoms with E-state index in [1.54, 1.807) is 0 Å². The van der Waals surface area contributed by atoms with Gasteiger partial charge in [0.05, 0.1) is 11.7 Å². The first kappa shape index (κ1) is 14.0. The molecular formula is C14H25N3S. The van der Waals surface area contributed by atoms with Gasteiger partial charge in [-0.3, -0.25) is 4.90 Å². The molecule has 2 rings (SSSR count). The van der Waals surface area contributed by atoms with Gasteiger partial charge < -0.3 is 5.32 Å². The molecule has 1 unspecified atom stereocenters. The monoisotopic (exact) mass is 267 g/mol. The van der Waals surface area contributed by atoms with Crippen molar-refractivity contribution in [2.45, 2.75) is 45.6 Å². The van der Waals surface area contributed by atoms with Gasteiger partial charge in [0.1, 0.15) is 5.01 Å². The van der Waals surface area contributed by atoms with Gasteiger partial charge in [-0.15, -0.1) is 11.3 Å². The Morgan fingerprint density at radius 1 is 1.39 bits per heavy atom. The molecule has 18 heavy (non-hydrogen) atoms. The van der Waals surface area contributed by atoms with Gasteiger partial charge in [-0.25, -0.2) is 4.98 Å². The van der Waals surface area contributed by atoms with Crippen molar-refractivity contribution in [3.05, 3.63) is 16.1 Å². The number of nitrogens with zero attached hydrogens (tertiary/aromatic N) is 2. The van der Waals surface area contributed by atoms with Crippen LogP contribution in [0.4, 0.5) is 0 Å². The molecule has 1 atom stereocenters. The lowest BCUT2D eigenvalue weighted by Gasteiger charge is -2.33. The van der Waals surface area contributed by atoms with E-state index in [1.165, 1.54) is 10.7 Å². The third kappa shape index (κ3) is 3.11. The summed E-state index contributed by atoms with van der Waals surface area (Å²) in [5, 5.41) is 6.95. The van der Waals surface area contributed by atoms with Gasteiger partial charge >= 0.3 is 0 Å². The van der Waals surface area contributed by atoms with Gasteiger partial charge in [-0.1, -0.05) is 27.7 Å². The van der Waals surface area contributed by atoms with Crippen LogP contribution in [0.3, 0.4) is 0 Å². The zero-order valence-corrected chi connectivity index (χ0v) is 12.8. The van der Waals surface area contributed by atoms with Crippen molar-refractivity contribution in [3.63, 3.8) is 0 Å². The van der Waals surface area contributed by atoms with Gasteiger partial charge in [0, 0.05) is 37.0 Å². The number of nitrogens with one attached hydrogen (secondary N) is 1. The maximum atomic E-state index is 4.88. The molecule has 0 radical (unpaired) electrons. The van der Waals surface area contributed by atoms with Crippen LogP contribution in [-0.4, -0.2) is 36.1 Å². The summed E-state index contributed by atoms with van der Waals surface area (Å²) in [5.41, 5.74) is 1.40. The van der Waals surface area contributed by atoms with Crippen LogP contribution in [0, 0.1) is 0 Å². The van der Waals surface area contributed by atoms with Gasteiger partial charge in [-0.05, 0) is 6.42 Å². The van der Waals surface area contributed by atoms with Crippen LogP contribution in [0.5, 0.6) is 0 Å². The minimum atomic E-state index is 0.163. The zero-order chi connectivity index (χ0) is 13.2. The lowest BCUT2D eigenvalue weighted by atomic mass is 9.93. The van der Waals surface area contributed by atoms with Crippen molar-refractivity contribution < 1.29 is 0 Å². The first-order valence-electron chi connectivity index (χ1n) is 6.93. The fourth-order valence-corrected chi connectivity index (χ4v) is 3.63. The van der Waals surface area contributed by atoms with Crippen molar-refractivity contribution in [2.24, 2.45) is 0 Å². The van der Waals surface area contributed by atoms with Crippen LogP contribution in [0.15, 0.2) is 5.38 Å². The van der Waals surface area contributed by atoms with Crippen molar-refractivity contribution in [3.8, 4) is 0 Å². The van der Waals surface area contributed by atoms with Gasteiger partial charge in [0.25, 0.3) is 0 Å². The third-order valence-corrected chi connectivity index (χ3v) is 4.50. The molecule has 0 spiro atoms. The van der Waals surface area contributed by atoms with Gasteiger partial charge in [0.2, 0.25) is 0 Å². The van der Waals surface area contributed by atoms with Crippen molar-refractivity contribution in [2.75, 3.05) is 26.2 Å². The molecule has 0 aromatic carbocycles. The Balaban J connectivity index is 2.14. The van der Waals surface area contributed by atoms with E-state index in [2.05, 4.69) is 43.3 Å². The molecule has 1 aliphatic rings. The molecule has 1 aromatic heterocycles. The van der Waals surface area contributed by atoms with Crippen LogP contribution in [-0.2, 0) is 5.41 Å². The predicted octanol–water partition coefficient (Wildman–Crippen LogP) is 2.80. The Kier molecular flexibility index (Phi) is 4.41. The van der Waals surface area contributed by atoms with E-state index in [0.29, 0.717) is 6.04 Å². The second kappa shape index (κ2) is 5.68. The summed E-state index contributed by atoms with van der Waals surface area (Å²) in [7, 11) is 0. The summed E-state index contributed by atoms with van der Waals surface area (Å²) >= 11 is 1.83. The molecule has 1 fully saturated rings. The van der Waals surface area contributed by atoms with E-state index in [-0.39, 0.29) is 5.41 Å². The molecule has 3 nitrogen and oxygen atoms in total. The molecule has 4 heteroatoms. The topological polar surface area (TPSA) is 28.2 Å². The molecule has 1 saturated heterocycles. The molecule has 0 amide bonds. The highest BCUT2D eigenvalue weighted by molar-refractivity contribution is 7.09. The highest BCUT2D eigenvalue weighted by atomic mass is 32.1. The summed E-state index contributed by atoms with van der Waals surface area (Å²) in [6.07, 6.45) is 1.15. The van der Waals surface area contributed by atoms with Gasteiger partial charge in [-0.2, -0.15) is 0 Å². The Labute approximate surface area is 115 Å². The smallest absolute Gasteiger partial charge is 0.110 e. The number of rotatable bonds is 3. The van der Waals surface area contributed by atoms with Crippen LogP contribution in [0.25, 0.3) is 0 Å². The van der Waals surface area contributed by atoms with E-state index in [9.17, 15) is 0 Å². The Hall–Kier alpha value is -0.450. The molecule has 0 saturated carbocycles. The quantitative estimate of drug-likeness (QED) is 0.913. The standard InChI is InChI=1S/C14H25N3S/c1-5-11(17-8-6-15-7-9-17)13-16-12(10-18-13)14(2,3)4/h10-11,15H,5-9H2,1-4H3. The Morgan fingerprint density at radius 2 is 2.06 bits per heavy atom. The van der Waals surface area contributed by atoms with Crippen molar-refractivity contribution in [1.29, 1.82) is 0 Å². The maximum Gasteiger partial charge on any atom is 0.110 e. The number of aromatic nitrogens is 1. The maximum absolute atomic E-state index is 4.88. The summed E-state index contributed by atoms with van der Waals surface area (Å²) < 4.78 is 0. The van der Waals surface area contributed by atoms with E-state index in [1.807, 2.05) is 11.3 Å². The summed E-state index contributed by atoms with van der Waals surface area (Å²) in [6.45, 7) is 13.5. The molecular weight excluding hydrogens is 242 g/mol. The first-order chi connectivity index (χ1) is 8.52. The fraction of sp³-hybridized carbons (Fsp3) is 0.786.